The molecule has 2 atom stereocenters. The first-order valence-electron chi connectivity index (χ1n) is 6.78. The van der Waals surface area contributed by atoms with Crippen LogP contribution in [0.25, 0.3) is 0 Å². The van der Waals surface area contributed by atoms with Crippen LogP contribution in [0.1, 0.15) is 44.2 Å². The summed E-state index contributed by atoms with van der Waals surface area (Å²) in [5.74, 6) is 0.249. The average Bonchev–Trinajstić information content (AvgIpc) is 2.86. The summed E-state index contributed by atoms with van der Waals surface area (Å²) < 4.78 is 0. The fourth-order valence-corrected chi connectivity index (χ4v) is 2.58. The van der Waals surface area contributed by atoms with Gasteiger partial charge >= 0.3 is 0 Å². The lowest BCUT2D eigenvalue weighted by molar-refractivity contribution is -0.132. The minimum atomic E-state index is 0.103. The number of nitrogens with zero attached hydrogens (tertiary/aromatic N) is 1. The largest absolute Gasteiger partial charge is 0.336 e. The Hall–Kier alpha value is -1.35. The van der Waals surface area contributed by atoms with Crippen LogP contribution in [0.4, 0.5) is 0 Å². The molecule has 1 aromatic rings. The van der Waals surface area contributed by atoms with E-state index in [4.69, 9.17) is 5.73 Å². The number of hydrogen-bond donors (Lipinski definition) is 1. The molecule has 1 fully saturated rings. The average molecular weight is 246 g/mol. The second-order valence-corrected chi connectivity index (χ2v) is 5.17. The van der Waals surface area contributed by atoms with Gasteiger partial charge in [0.25, 0.3) is 0 Å². The lowest BCUT2D eigenvalue weighted by atomic mass is 10.0. The molecule has 2 N–H and O–H groups in total. The van der Waals surface area contributed by atoms with Crippen LogP contribution in [-0.2, 0) is 4.79 Å². The number of hydrogen-bond acceptors (Lipinski definition) is 2. The van der Waals surface area contributed by atoms with Crippen LogP contribution < -0.4 is 5.73 Å². The minimum Gasteiger partial charge on any atom is -0.336 e. The van der Waals surface area contributed by atoms with E-state index in [1.807, 2.05) is 30.0 Å². The summed E-state index contributed by atoms with van der Waals surface area (Å²) in [7, 11) is 0. The van der Waals surface area contributed by atoms with Crippen molar-refractivity contribution in [1.29, 1.82) is 0 Å². The van der Waals surface area contributed by atoms with E-state index in [-0.39, 0.29) is 18.0 Å². The molecule has 1 amide bonds. The van der Waals surface area contributed by atoms with Gasteiger partial charge in [-0.25, -0.2) is 0 Å². The number of nitrogens with two attached hydrogens (primary N) is 1. The number of carbonyl (C=O) groups excluding carboxylic acids is 1. The molecule has 3 nitrogen and oxygen atoms in total. The third-order valence-corrected chi connectivity index (χ3v) is 3.57. The zero-order valence-electron chi connectivity index (χ0n) is 11.0. The quantitative estimate of drug-likeness (QED) is 0.887. The molecule has 1 aromatic carbocycles. The molecule has 1 aliphatic rings. The van der Waals surface area contributed by atoms with Gasteiger partial charge in [-0.3, -0.25) is 4.79 Å². The Morgan fingerprint density at radius 1 is 1.44 bits per heavy atom. The Labute approximate surface area is 109 Å². The lowest BCUT2D eigenvalue weighted by Crippen LogP contribution is -2.31. The summed E-state index contributed by atoms with van der Waals surface area (Å²) in [5, 5.41) is 0. The van der Waals surface area contributed by atoms with Crippen molar-refractivity contribution in [2.24, 2.45) is 5.73 Å². The van der Waals surface area contributed by atoms with Gasteiger partial charge in [0.1, 0.15) is 0 Å². The molecular formula is C15H22N2O. The van der Waals surface area contributed by atoms with Crippen molar-refractivity contribution in [3.8, 4) is 0 Å². The van der Waals surface area contributed by atoms with Crippen LogP contribution >= 0.6 is 0 Å². The molecule has 1 heterocycles. The van der Waals surface area contributed by atoms with Gasteiger partial charge in [0.15, 0.2) is 0 Å². The first kappa shape index (κ1) is 13.1. The summed E-state index contributed by atoms with van der Waals surface area (Å²) in [6, 6.07) is 10.7. The van der Waals surface area contributed by atoms with Gasteiger partial charge in [0, 0.05) is 19.0 Å². The van der Waals surface area contributed by atoms with Crippen molar-refractivity contribution in [1.82, 2.24) is 4.90 Å². The summed E-state index contributed by atoms with van der Waals surface area (Å²) in [5.41, 5.74) is 6.97. The maximum absolute atomic E-state index is 12.2. The van der Waals surface area contributed by atoms with E-state index in [1.165, 1.54) is 5.56 Å². The Bertz CT molecular complexity index is 389. The monoisotopic (exact) mass is 246 g/mol. The smallest absolute Gasteiger partial charge is 0.223 e. The second kappa shape index (κ2) is 6.01. The highest BCUT2D eigenvalue weighted by Crippen LogP contribution is 2.32. The predicted octanol–water partition coefficient (Wildman–Crippen LogP) is 2.48. The van der Waals surface area contributed by atoms with E-state index < -0.39 is 0 Å². The zero-order valence-corrected chi connectivity index (χ0v) is 11.0. The fourth-order valence-electron chi connectivity index (χ4n) is 2.58. The molecule has 1 saturated heterocycles. The highest BCUT2D eigenvalue weighted by molar-refractivity contribution is 5.77. The predicted molar refractivity (Wildman–Crippen MR) is 73.0 cm³/mol. The Morgan fingerprint density at radius 2 is 2.17 bits per heavy atom. The number of benzene rings is 1. The van der Waals surface area contributed by atoms with Gasteiger partial charge < -0.3 is 10.6 Å². The van der Waals surface area contributed by atoms with Crippen LogP contribution in [0, 0.1) is 0 Å². The maximum atomic E-state index is 12.2. The van der Waals surface area contributed by atoms with E-state index >= 15 is 0 Å². The number of rotatable bonds is 4. The summed E-state index contributed by atoms with van der Waals surface area (Å²) in [6.07, 6.45) is 3.52. The van der Waals surface area contributed by atoms with Crippen molar-refractivity contribution in [2.75, 3.05) is 6.54 Å². The van der Waals surface area contributed by atoms with Gasteiger partial charge in [0.05, 0.1) is 6.04 Å². The summed E-state index contributed by atoms with van der Waals surface area (Å²) in [4.78, 5) is 14.2. The number of carbonyl (C=O) groups is 1. The molecule has 0 radical (unpaired) electrons. The van der Waals surface area contributed by atoms with Gasteiger partial charge in [-0.05, 0) is 31.7 Å². The highest BCUT2D eigenvalue weighted by atomic mass is 16.2. The van der Waals surface area contributed by atoms with E-state index in [9.17, 15) is 4.79 Å². The third kappa shape index (κ3) is 3.10. The molecule has 2 unspecified atom stereocenters. The normalized spacial score (nSPS) is 21.0. The fraction of sp³-hybridized carbons (Fsp3) is 0.533. The molecule has 98 valence electrons. The number of likely N-dealkylation sites (tertiary alicyclic amines) is 1. The van der Waals surface area contributed by atoms with Crippen LogP contribution in [0.2, 0.25) is 0 Å². The second-order valence-electron chi connectivity index (χ2n) is 5.17. The highest BCUT2D eigenvalue weighted by Gasteiger charge is 2.29. The van der Waals surface area contributed by atoms with E-state index in [0.717, 1.165) is 25.8 Å². The SMILES string of the molecule is CC(N)CCC(=O)N1CCCC1c1ccccc1. The van der Waals surface area contributed by atoms with E-state index in [1.54, 1.807) is 0 Å². The van der Waals surface area contributed by atoms with E-state index in [2.05, 4.69) is 12.1 Å². The standard InChI is InChI=1S/C15H22N2O/c1-12(16)9-10-15(18)17-11-5-8-14(17)13-6-3-2-4-7-13/h2-4,6-7,12,14H,5,8-11,16H2,1H3. The van der Waals surface area contributed by atoms with Gasteiger partial charge in [0.2, 0.25) is 5.91 Å². The molecule has 0 saturated carbocycles. The molecule has 18 heavy (non-hydrogen) atoms. The molecule has 2 rings (SSSR count). The summed E-state index contributed by atoms with van der Waals surface area (Å²) >= 11 is 0. The van der Waals surface area contributed by atoms with Crippen molar-refractivity contribution in [2.45, 2.75) is 44.7 Å². The lowest BCUT2D eigenvalue weighted by Gasteiger charge is -2.25. The maximum Gasteiger partial charge on any atom is 0.223 e. The van der Waals surface area contributed by atoms with Gasteiger partial charge in [-0.2, -0.15) is 0 Å². The van der Waals surface area contributed by atoms with Crippen molar-refractivity contribution < 1.29 is 4.79 Å². The summed E-state index contributed by atoms with van der Waals surface area (Å²) in [6.45, 7) is 2.84. The van der Waals surface area contributed by atoms with Gasteiger partial charge in [-0.15, -0.1) is 0 Å². The number of amides is 1. The topological polar surface area (TPSA) is 46.3 Å². The first-order chi connectivity index (χ1) is 8.68. The van der Waals surface area contributed by atoms with Crippen LogP contribution in [-0.4, -0.2) is 23.4 Å². The Balaban J connectivity index is 2.01. The van der Waals surface area contributed by atoms with Crippen molar-refractivity contribution in [3.63, 3.8) is 0 Å². The zero-order chi connectivity index (χ0) is 13.0. The molecule has 0 aliphatic carbocycles. The molecular weight excluding hydrogens is 224 g/mol. The molecule has 1 aliphatic heterocycles. The van der Waals surface area contributed by atoms with Crippen LogP contribution in [0.3, 0.4) is 0 Å². The molecule has 0 aromatic heterocycles. The van der Waals surface area contributed by atoms with Crippen molar-refractivity contribution >= 4 is 5.91 Å². The van der Waals surface area contributed by atoms with Crippen LogP contribution in [0.15, 0.2) is 30.3 Å². The third-order valence-electron chi connectivity index (χ3n) is 3.57. The molecule has 3 heteroatoms. The molecule has 0 bridgehead atoms. The minimum absolute atomic E-state index is 0.103. The molecule has 0 spiro atoms. The van der Waals surface area contributed by atoms with Gasteiger partial charge in [-0.1, -0.05) is 30.3 Å². The van der Waals surface area contributed by atoms with Crippen LogP contribution in [0.5, 0.6) is 0 Å². The first-order valence-corrected chi connectivity index (χ1v) is 6.78. The van der Waals surface area contributed by atoms with E-state index in [0.29, 0.717) is 6.42 Å². The Morgan fingerprint density at radius 3 is 2.83 bits per heavy atom. The van der Waals surface area contributed by atoms with Crippen molar-refractivity contribution in [3.05, 3.63) is 35.9 Å². The Kier molecular flexibility index (Phi) is 4.37.